The highest BCUT2D eigenvalue weighted by atomic mass is 16.6. The molecule has 0 atom stereocenters. The van der Waals surface area contributed by atoms with Gasteiger partial charge in [0.15, 0.2) is 6.61 Å². The molecule has 0 heterocycles. The summed E-state index contributed by atoms with van der Waals surface area (Å²) in [5, 5.41) is 13.3. The van der Waals surface area contributed by atoms with E-state index in [2.05, 4.69) is 5.32 Å². The molecular formula is C12H17N3O4. The standard InChI is InChI=1S/C12H17N3O4/c1-8(2)14-12(16)7-19-11-4-3-10(15(17)18)5-9(11)6-13/h3-5,8H,6-7,13H2,1-2H3,(H,14,16). The van der Waals surface area contributed by atoms with Crippen LogP contribution in [0.25, 0.3) is 0 Å². The summed E-state index contributed by atoms with van der Waals surface area (Å²) in [6.45, 7) is 3.63. The third-order valence-electron chi connectivity index (χ3n) is 2.28. The summed E-state index contributed by atoms with van der Waals surface area (Å²) in [6.07, 6.45) is 0. The van der Waals surface area contributed by atoms with E-state index in [1.54, 1.807) is 0 Å². The molecule has 1 rings (SSSR count). The van der Waals surface area contributed by atoms with Crippen molar-refractivity contribution in [3.8, 4) is 5.75 Å². The quantitative estimate of drug-likeness (QED) is 0.589. The molecule has 0 fully saturated rings. The number of hydrogen-bond acceptors (Lipinski definition) is 5. The molecule has 0 radical (unpaired) electrons. The molecule has 0 aromatic heterocycles. The van der Waals surface area contributed by atoms with Crippen LogP contribution in [0.3, 0.4) is 0 Å². The number of nitrogens with one attached hydrogen (secondary N) is 1. The second kappa shape index (κ2) is 6.69. The minimum atomic E-state index is -0.506. The molecule has 7 heteroatoms. The molecule has 7 nitrogen and oxygen atoms in total. The van der Waals surface area contributed by atoms with Gasteiger partial charge in [0.1, 0.15) is 5.75 Å². The first-order valence-corrected chi connectivity index (χ1v) is 5.83. The van der Waals surface area contributed by atoms with Crippen molar-refractivity contribution >= 4 is 11.6 Å². The van der Waals surface area contributed by atoms with E-state index >= 15 is 0 Å². The molecule has 1 aromatic carbocycles. The number of nitrogens with zero attached hydrogens (tertiary/aromatic N) is 1. The van der Waals surface area contributed by atoms with Crippen molar-refractivity contribution in [1.82, 2.24) is 5.32 Å². The third kappa shape index (κ3) is 4.55. The summed E-state index contributed by atoms with van der Waals surface area (Å²) in [5.74, 6) is 0.128. The van der Waals surface area contributed by atoms with Crippen LogP contribution < -0.4 is 15.8 Å². The SMILES string of the molecule is CC(C)NC(=O)COc1ccc([N+](=O)[O-])cc1CN. The molecule has 0 aliphatic carbocycles. The fourth-order valence-corrected chi connectivity index (χ4v) is 1.49. The molecule has 0 saturated heterocycles. The Balaban J connectivity index is 2.73. The number of rotatable bonds is 6. The zero-order chi connectivity index (χ0) is 14.4. The van der Waals surface area contributed by atoms with Crippen molar-refractivity contribution < 1.29 is 14.5 Å². The van der Waals surface area contributed by atoms with Gasteiger partial charge in [-0.25, -0.2) is 0 Å². The summed E-state index contributed by atoms with van der Waals surface area (Å²) < 4.78 is 5.31. The molecular weight excluding hydrogens is 250 g/mol. The first kappa shape index (κ1) is 14.9. The monoisotopic (exact) mass is 267 g/mol. The van der Waals surface area contributed by atoms with Gasteiger partial charge >= 0.3 is 0 Å². The summed E-state index contributed by atoms with van der Waals surface area (Å²) in [5.41, 5.74) is 5.94. The van der Waals surface area contributed by atoms with E-state index in [1.807, 2.05) is 13.8 Å². The number of non-ortho nitro benzene ring substituents is 1. The molecule has 0 aliphatic heterocycles. The van der Waals surface area contributed by atoms with Crippen molar-refractivity contribution in [1.29, 1.82) is 0 Å². The van der Waals surface area contributed by atoms with Crippen molar-refractivity contribution in [2.24, 2.45) is 5.73 Å². The maximum atomic E-state index is 11.4. The Morgan fingerprint density at radius 2 is 2.21 bits per heavy atom. The van der Waals surface area contributed by atoms with Gasteiger partial charge < -0.3 is 15.8 Å². The fourth-order valence-electron chi connectivity index (χ4n) is 1.49. The average molecular weight is 267 g/mol. The van der Waals surface area contributed by atoms with E-state index in [1.165, 1.54) is 18.2 Å². The molecule has 104 valence electrons. The molecule has 1 amide bonds. The van der Waals surface area contributed by atoms with Crippen molar-refractivity contribution in [2.75, 3.05) is 6.61 Å². The van der Waals surface area contributed by atoms with Crippen LogP contribution in [-0.4, -0.2) is 23.5 Å². The second-order valence-electron chi connectivity index (χ2n) is 4.26. The zero-order valence-corrected chi connectivity index (χ0v) is 10.9. The normalized spacial score (nSPS) is 10.3. The maximum absolute atomic E-state index is 11.4. The molecule has 1 aromatic rings. The Bertz CT molecular complexity index is 474. The number of nitro benzene ring substituents is 1. The van der Waals surface area contributed by atoms with Gasteiger partial charge in [-0.2, -0.15) is 0 Å². The number of nitro groups is 1. The summed E-state index contributed by atoms with van der Waals surface area (Å²) in [4.78, 5) is 21.5. The Morgan fingerprint density at radius 3 is 2.74 bits per heavy atom. The summed E-state index contributed by atoms with van der Waals surface area (Å²) in [7, 11) is 0. The van der Waals surface area contributed by atoms with Crippen LogP contribution in [-0.2, 0) is 11.3 Å². The van der Waals surface area contributed by atoms with Gasteiger partial charge in [0, 0.05) is 30.3 Å². The highest BCUT2D eigenvalue weighted by Crippen LogP contribution is 2.23. The lowest BCUT2D eigenvalue weighted by atomic mass is 10.2. The highest BCUT2D eigenvalue weighted by Gasteiger charge is 2.12. The predicted molar refractivity (Wildman–Crippen MR) is 69.8 cm³/mol. The van der Waals surface area contributed by atoms with E-state index in [0.717, 1.165) is 0 Å². The Kier molecular flexibility index (Phi) is 5.25. The van der Waals surface area contributed by atoms with Crippen molar-refractivity contribution in [2.45, 2.75) is 26.4 Å². The largest absolute Gasteiger partial charge is 0.483 e. The molecule has 0 saturated carbocycles. The van der Waals surface area contributed by atoms with E-state index in [-0.39, 0.29) is 30.8 Å². The van der Waals surface area contributed by atoms with Crippen LogP contribution in [0.4, 0.5) is 5.69 Å². The first-order chi connectivity index (χ1) is 8.93. The number of carbonyl (C=O) groups excluding carboxylic acids is 1. The number of benzene rings is 1. The van der Waals surface area contributed by atoms with E-state index in [4.69, 9.17) is 10.5 Å². The smallest absolute Gasteiger partial charge is 0.270 e. The number of amides is 1. The molecule has 0 spiro atoms. The van der Waals surface area contributed by atoms with Crippen molar-refractivity contribution in [3.63, 3.8) is 0 Å². The van der Waals surface area contributed by atoms with Crippen LogP contribution in [0, 0.1) is 10.1 Å². The minimum Gasteiger partial charge on any atom is -0.483 e. The topological polar surface area (TPSA) is 107 Å². The van der Waals surface area contributed by atoms with Gasteiger partial charge in [-0.05, 0) is 19.9 Å². The second-order valence-corrected chi connectivity index (χ2v) is 4.26. The molecule has 3 N–H and O–H groups in total. The summed E-state index contributed by atoms with van der Waals surface area (Å²) in [6, 6.07) is 4.13. The first-order valence-electron chi connectivity index (χ1n) is 5.83. The molecule has 19 heavy (non-hydrogen) atoms. The van der Waals surface area contributed by atoms with Crippen LogP contribution in [0.2, 0.25) is 0 Å². The molecule has 0 unspecified atom stereocenters. The van der Waals surface area contributed by atoms with Gasteiger partial charge in [-0.3, -0.25) is 14.9 Å². The predicted octanol–water partition coefficient (Wildman–Crippen LogP) is 0.957. The van der Waals surface area contributed by atoms with Crippen molar-refractivity contribution in [3.05, 3.63) is 33.9 Å². The van der Waals surface area contributed by atoms with Gasteiger partial charge in [0.25, 0.3) is 11.6 Å². The number of carbonyl (C=O) groups is 1. The Labute approximate surface area is 110 Å². The minimum absolute atomic E-state index is 0.0296. The van der Waals surface area contributed by atoms with Crippen LogP contribution >= 0.6 is 0 Å². The number of hydrogen-bond donors (Lipinski definition) is 2. The Morgan fingerprint density at radius 1 is 1.53 bits per heavy atom. The zero-order valence-electron chi connectivity index (χ0n) is 10.9. The van der Waals surface area contributed by atoms with Gasteiger partial charge in [0.2, 0.25) is 0 Å². The van der Waals surface area contributed by atoms with Crippen LogP contribution in [0.1, 0.15) is 19.4 Å². The van der Waals surface area contributed by atoms with Gasteiger partial charge in [0.05, 0.1) is 4.92 Å². The fraction of sp³-hybridized carbons (Fsp3) is 0.417. The molecule has 0 bridgehead atoms. The number of nitrogens with two attached hydrogens (primary N) is 1. The average Bonchev–Trinajstić information content (AvgIpc) is 2.35. The number of ether oxygens (including phenoxy) is 1. The van der Waals surface area contributed by atoms with Crippen LogP contribution in [0.15, 0.2) is 18.2 Å². The lowest BCUT2D eigenvalue weighted by Crippen LogP contribution is -2.34. The van der Waals surface area contributed by atoms with E-state index in [9.17, 15) is 14.9 Å². The van der Waals surface area contributed by atoms with Gasteiger partial charge in [-0.1, -0.05) is 0 Å². The lowest BCUT2D eigenvalue weighted by molar-refractivity contribution is -0.384. The van der Waals surface area contributed by atoms with E-state index < -0.39 is 4.92 Å². The Hall–Kier alpha value is -2.15. The molecule has 0 aliphatic rings. The van der Waals surface area contributed by atoms with Gasteiger partial charge in [-0.15, -0.1) is 0 Å². The highest BCUT2D eigenvalue weighted by molar-refractivity contribution is 5.77. The maximum Gasteiger partial charge on any atom is 0.270 e. The van der Waals surface area contributed by atoms with E-state index in [0.29, 0.717) is 11.3 Å². The lowest BCUT2D eigenvalue weighted by Gasteiger charge is -2.12. The summed E-state index contributed by atoms with van der Waals surface area (Å²) >= 11 is 0. The van der Waals surface area contributed by atoms with Crippen LogP contribution in [0.5, 0.6) is 5.75 Å². The third-order valence-corrected chi connectivity index (χ3v) is 2.28.